The molecule has 0 N–H and O–H groups in total. The molecule has 0 atom stereocenters. The Balaban J connectivity index is 1.52. The molecule has 0 radical (unpaired) electrons. The zero-order valence-electron chi connectivity index (χ0n) is 18.8. The number of halogens is 2. The fourth-order valence-electron chi connectivity index (χ4n) is 3.41. The molecule has 0 bridgehead atoms. The Morgan fingerprint density at radius 2 is 1.86 bits per heavy atom. The molecule has 0 aliphatic carbocycles. The van der Waals surface area contributed by atoms with Crippen molar-refractivity contribution in [3.8, 4) is 11.5 Å². The number of amides is 2. The fourth-order valence-corrected chi connectivity index (χ4v) is 4.47. The highest BCUT2D eigenvalue weighted by Gasteiger charge is 2.35. The van der Waals surface area contributed by atoms with Gasteiger partial charge in [-0.3, -0.25) is 24.6 Å². The van der Waals surface area contributed by atoms with Gasteiger partial charge in [0.25, 0.3) is 16.8 Å². The van der Waals surface area contributed by atoms with E-state index in [1.165, 1.54) is 43.5 Å². The van der Waals surface area contributed by atoms with E-state index in [0.29, 0.717) is 22.6 Å². The smallest absolute Gasteiger partial charge is 0.293 e. The normalized spacial score (nSPS) is 14.4. The summed E-state index contributed by atoms with van der Waals surface area (Å²) in [6, 6.07) is 14.9. The lowest BCUT2D eigenvalue weighted by molar-refractivity contribution is -0.384. The molecule has 3 aromatic rings. The molecule has 0 aromatic heterocycles. The van der Waals surface area contributed by atoms with Gasteiger partial charge < -0.3 is 9.47 Å². The van der Waals surface area contributed by atoms with E-state index in [-0.39, 0.29) is 34.3 Å². The molecule has 3 aromatic carbocycles. The predicted octanol–water partition coefficient (Wildman–Crippen LogP) is 6.21. The summed E-state index contributed by atoms with van der Waals surface area (Å²) in [6.45, 7) is -0.155. The van der Waals surface area contributed by atoms with Gasteiger partial charge in [0.1, 0.15) is 12.4 Å². The van der Waals surface area contributed by atoms with Crippen LogP contribution in [-0.2, 0) is 17.9 Å². The van der Waals surface area contributed by atoms with Crippen LogP contribution in [0.3, 0.4) is 0 Å². The Kier molecular flexibility index (Phi) is 7.56. The van der Waals surface area contributed by atoms with Gasteiger partial charge in [0.15, 0.2) is 11.5 Å². The molecule has 1 aliphatic rings. The Hall–Kier alpha value is -3.89. The molecule has 0 saturated carbocycles. The monoisotopic (exact) mass is 528 g/mol. The Morgan fingerprint density at radius 1 is 1.11 bits per heavy atom. The molecule has 1 fully saturated rings. The van der Waals surface area contributed by atoms with Crippen molar-refractivity contribution in [1.29, 1.82) is 0 Å². The molecule has 2 amide bonds. The van der Waals surface area contributed by atoms with Gasteiger partial charge in [-0.1, -0.05) is 35.9 Å². The second-order valence-corrected chi connectivity index (χ2v) is 8.99. The first-order valence-electron chi connectivity index (χ1n) is 10.5. The highest BCUT2D eigenvalue weighted by molar-refractivity contribution is 8.18. The number of carbonyl (C=O) groups is 2. The third-order valence-corrected chi connectivity index (χ3v) is 6.54. The third kappa shape index (κ3) is 5.50. The maximum Gasteiger partial charge on any atom is 0.293 e. The molecular weight excluding hydrogens is 511 g/mol. The maximum atomic E-state index is 14.1. The zero-order chi connectivity index (χ0) is 25.8. The topological polar surface area (TPSA) is 99.0 Å². The minimum absolute atomic E-state index is 0.0135. The van der Waals surface area contributed by atoms with Crippen molar-refractivity contribution in [3.63, 3.8) is 0 Å². The van der Waals surface area contributed by atoms with Gasteiger partial charge in [-0.15, -0.1) is 0 Å². The van der Waals surface area contributed by atoms with Crippen LogP contribution in [0, 0.1) is 15.9 Å². The number of carbonyl (C=O) groups excluding carboxylic acids is 2. The lowest BCUT2D eigenvalue weighted by atomic mass is 10.1. The number of benzene rings is 3. The number of non-ortho nitro benzene ring substituents is 1. The number of nitro benzene ring substituents is 1. The number of nitrogens with zero attached hydrogens (tertiary/aromatic N) is 2. The van der Waals surface area contributed by atoms with E-state index in [1.807, 2.05) is 0 Å². The van der Waals surface area contributed by atoms with Crippen LogP contribution in [0.4, 0.5) is 14.9 Å². The SMILES string of the molecule is COc1ccc(/C=C2\SC(=O)N(Cc3ccc([N+](=O)[O-])cc3)C2=O)cc1OCc1c(F)cccc1Cl. The van der Waals surface area contributed by atoms with E-state index in [4.69, 9.17) is 21.1 Å². The average Bonchev–Trinajstić information content (AvgIpc) is 3.11. The van der Waals surface area contributed by atoms with Crippen LogP contribution < -0.4 is 9.47 Å². The van der Waals surface area contributed by atoms with Gasteiger partial charge >= 0.3 is 0 Å². The van der Waals surface area contributed by atoms with Crippen LogP contribution in [0.25, 0.3) is 6.08 Å². The van der Waals surface area contributed by atoms with Crippen LogP contribution in [0.5, 0.6) is 11.5 Å². The van der Waals surface area contributed by atoms with E-state index in [2.05, 4.69) is 0 Å². The number of nitro groups is 1. The number of hydrogen-bond acceptors (Lipinski definition) is 7. The molecule has 1 heterocycles. The highest BCUT2D eigenvalue weighted by atomic mass is 35.5. The van der Waals surface area contributed by atoms with Crippen molar-refractivity contribution < 1.29 is 28.4 Å². The van der Waals surface area contributed by atoms with Crippen molar-refractivity contribution in [3.05, 3.63) is 103 Å². The molecule has 36 heavy (non-hydrogen) atoms. The quantitative estimate of drug-likeness (QED) is 0.195. The minimum atomic E-state index is -0.523. The van der Waals surface area contributed by atoms with Crippen LogP contribution in [-0.4, -0.2) is 28.1 Å². The first kappa shape index (κ1) is 25.2. The first-order chi connectivity index (χ1) is 17.3. The van der Waals surface area contributed by atoms with Gasteiger partial charge in [-0.05, 0) is 53.2 Å². The zero-order valence-corrected chi connectivity index (χ0v) is 20.3. The van der Waals surface area contributed by atoms with E-state index in [9.17, 15) is 24.1 Å². The van der Waals surface area contributed by atoms with Gasteiger partial charge in [0.05, 0.1) is 28.5 Å². The first-order valence-corrected chi connectivity index (χ1v) is 11.7. The number of rotatable bonds is 8. The lowest BCUT2D eigenvalue weighted by Crippen LogP contribution is -2.27. The summed E-state index contributed by atoms with van der Waals surface area (Å²) in [6.07, 6.45) is 1.54. The van der Waals surface area contributed by atoms with Crippen LogP contribution in [0.15, 0.2) is 65.6 Å². The van der Waals surface area contributed by atoms with E-state index >= 15 is 0 Å². The standard InChI is InChI=1S/C25H18ClFN2O6S/c1-34-21-10-7-16(11-22(21)35-14-18-19(26)3-2-4-20(18)27)12-23-24(30)28(25(31)36-23)13-15-5-8-17(9-6-15)29(32)33/h2-12H,13-14H2,1H3/b23-12-. The lowest BCUT2D eigenvalue weighted by Gasteiger charge is -2.13. The summed E-state index contributed by atoms with van der Waals surface area (Å²) < 4.78 is 25.2. The third-order valence-electron chi connectivity index (χ3n) is 5.28. The van der Waals surface area contributed by atoms with Crippen molar-refractivity contribution in [2.45, 2.75) is 13.2 Å². The van der Waals surface area contributed by atoms with Gasteiger partial charge in [0.2, 0.25) is 0 Å². The van der Waals surface area contributed by atoms with E-state index in [0.717, 1.165) is 16.7 Å². The molecular formula is C25H18ClFN2O6S. The van der Waals surface area contributed by atoms with Crippen molar-refractivity contribution in [2.75, 3.05) is 7.11 Å². The Morgan fingerprint density at radius 3 is 2.53 bits per heavy atom. The predicted molar refractivity (Wildman–Crippen MR) is 133 cm³/mol. The number of ether oxygens (including phenoxy) is 2. The second-order valence-electron chi connectivity index (χ2n) is 7.59. The van der Waals surface area contributed by atoms with Crippen molar-refractivity contribution in [2.24, 2.45) is 0 Å². The molecule has 11 heteroatoms. The summed E-state index contributed by atoms with van der Waals surface area (Å²) in [7, 11) is 1.46. The van der Waals surface area contributed by atoms with Crippen LogP contribution in [0.2, 0.25) is 5.02 Å². The molecule has 0 spiro atoms. The number of methoxy groups -OCH3 is 1. The number of thioether (sulfide) groups is 1. The van der Waals surface area contributed by atoms with E-state index < -0.39 is 21.9 Å². The summed E-state index contributed by atoms with van der Waals surface area (Å²) in [4.78, 5) is 36.9. The second kappa shape index (κ2) is 10.8. The summed E-state index contributed by atoms with van der Waals surface area (Å²) in [5.74, 6) is -0.291. The fraction of sp³-hybridized carbons (Fsp3) is 0.120. The maximum absolute atomic E-state index is 14.1. The minimum Gasteiger partial charge on any atom is -0.493 e. The van der Waals surface area contributed by atoms with Crippen LogP contribution in [0.1, 0.15) is 16.7 Å². The summed E-state index contributed by atoms with van der Waals surface area (Å²) >= 11 is 6.85. The summed E-state index contributed by atoms with van der Waals surface area (Å²) in [5.41, 5.74) is 1.25. The van der Waals surface area contributed by atoms with Crippen molar-refractivity contribution in [1.82, 2.24) is 4.90 Å². The molecule has 1 saturated heterocycles. The summed E-state index contributed by atoms with van der Waals surface area (Å²) in [5, 5.41) is 10.6. The Labute approximate surface area is 214 Å². The van der Waals surface area contributed by atoms with Crippen LogP contribution >= 0.6 is 23.4 Å². The molecule has 184 valence electrons. The number of hydrogen-bond donors (Lipinski definition) is 0. The average molecular weight is 529 g/mol. The van der Waals surface area contributed by atoms with Gasteiger partial charge in [-0.2, -0.15) is 0 Å². The van der Waals surface area contributed by atoms with Gasteiger partial charge in [-0.25, -0.2) is 4.39 Å². The molecule has 4 rings (SSSR count). The molecule has 0 unspecified atom stereocenters. The molecule has 1 aliphatic heterocycles. The van der Waals surface area contributed by atoms with Crippen molar-refractivity contribution >= 4 is 46.3 Å². The Bertz CT molecular complexity index is 1360. The number of imide groups is 1. The molecule has 8 nitrogen and oxygen atoms in total. The largest absolute Gasteiger partial charge is 0.493 e. The van der Waals surface area contributed by atoms with E-state index in [1.54, 1.807) is 30.3 Å². The van der Waals surface area contributed by atoms with Gasteiger partial charge in [0, 0.05) is 17.7 Å². The highest BCUT2D eigenvalue weighted by Crippen LogP contribution is 2.36.